The Balaban J connectivity index is 2.09. The van der Waals surface area contributed by atoms with Crippen molar-refractivity contribution in [3.63, 3.8) is 0 Å². The first-order valence-electron chi connectivity index (χ1n) is 6.18. The van der Waals surface area contributed by atoms with Crippen LogP contribution in [-0.4, -0.2) is 36.0 Å². The van der Waals surface area contributed by atoms with E-state index < -0.39 is 4.92 Å². The van der Waals surface area contributed by atoms with Gasteiger partial charge in [-0.3, -0.25) is 14.9 Å². The van der Waals surface area contributed by atoms with Gasteiger partial charge in [0.15, 0.2) is 5.78 Å². The van der Waals surface area contributed by atoms with Gasteiger partial charge in [0.05, 0.1) is 23.7 Å². The quantitative estimate of drug-likeness (QED) is 0.507. The topological polar surface area (TPSA) is 81.5 Å². The van der Waals surface area contributed by atoms with Crippen molar-refractivity contribution < 1.29 is 14.5 Å². The molecule has 102 valence electrons. The number of nitrogens with zero attached hydrogens (tertiary/aromatic N) is 1. The first-order valence-corrected chi connectivity index (χ1v) is 6.18. The van der Waals surface area contributed by atoms with E-state index in [1.165, 1.54) is 12.1 Å². The third-order valence-corrected chi connectivity index (χ3v) is 3.04. The van der Waals surface area contributed by atoms with Gasteiger partial charge in [0, 0.05) is 24.6 Å². The molecular weight excluding hydrogens is 248 g/mol. The second kappa shape index (κ2) is 5.90. The molecule has 0 spiro atoms. The first kappa shape index (κ1) is 13.6. The van der Waals surface area contributed by atoms with Crippen LogP contribution in [0.4, 0.5) is 5.69 Å². The number of carbonyl (C=O) groups excluding carboxylic acids is 1. The largest absolute Gasteiger partial charge is 0.378 e. The van der Waals surface area contributed by atoms with Crippen molar-refractivity contribution in [1.29, 1.82) is 0 Å². The number of hydrogen-bond donors (Lipinski definition) is 1. The van der Waals surface area contributed by atoms with Gasteiger partial charge in [0.25, 0.3) is 5.69 Å². The summed E-state index contributed by atoms with van der Waals surface area (Å²) in [5.41, 5.74) is 0.0183. The molecular formula is C13H16N2O4. The number of nitrogens with one attached hydrogen (secondary N) is 1. The smallest absolute Gasteiger partial charge is 0.280 e. The highest BCUT2D eigenvalue weighted by atomic mass is 16.6. The number of carbonyl (C=O) groups is 1. The molecule has 1 aromatic rings. The number of benzene rings is 1. The average Bonchev–Trinajstić information content (AvgIpc) is 2.38. The van der Waals surface area contributed by atoms with Gasteiger partial charge in [0.1, 0.15) is 0 Å². The number of rotatable bonds is 4. The average molecular weight is 264 g/mol. The van der Waals surface area contributed by atoms with E-state index in [9.17, 15) is 14.9 Å². The fourth-order valence-corrected chi connectivity index (χ4v) is 2.21. The third-order valence-electron chi connectivity index (χ3n) is 3.04. The van der Waals surface area contributed by atoms with E-state index in [1.54, 1.807) is 12.1 Å². The van der Waals surface area contributed by atoms with Crippen LogP contribution in [-0.2, 0) is 4.74 Å². The number of para-hydroxylation sites is 1. The van der Waals surface area contributed by atoms with Crippen molar-refractivity contribution in [3.8, 4) is 0 Å². The van der Waals surface area contributed by atoms with Gasteiger partial charge in [-0.1, -0.05) is 12.1 Å². The van der Waals surface area contributed by atoms with Crippen LogP contribution in [0.25, 0.3) is 0 Å². The Hall–Kier alpha value is -1.79. The zero-order valence-electron chi connectivity index (χ0n) is 10.7. The molecule has 1 aliphatic rings. The van der Waals surface area contributed by atoms with Crippen molar-refractivity contribution in [2.45, 2.75) is 25.4 Å². The Morgan fingerprint density at radius 1 is 1.47 bits per heavy atom. The first-order chi connectivity index (χ1) is 9.08. The number of nitro benzene ring substituents is 1. The predicted molar refractivity (Wildman–Crippen MR) is 69.2 cm³/mol. The standard InChI is InChI=1S/C13H16N2O4/c1-9-7-19-8-10(14-9)6-13(16)11-4-2-3-5-12(11)15(17)18/h2-5,9-10,14H,6-8H2,1H3. The van der Waals surface area contributed by atoms with Crippen molar-refractivity contribution in [1.82, 2.24) is 5.32 Å². The Kier molecular flexibility index (Phi) is 4.24. The molecule has 1 aliphatic heterocycles. The van der Waals surface area contributed by atoms with Crippen LogP contribution in [0.1, 0.15) is 23.7 Å². The Morgan fingerprint density at radius 3 is 2.89 bits per heavy atom. The molecule has 1 aromatic carbocycles. The minimum Gasteiger partial charge on any atom is -0.378 e. The maximum atomic E-state index is 12.1. The van der Waals surface area contributed by atoms with Crippen LogP contribution < -0.4 is 5.32 Å². The molecule has 19 heavy (non-hydrogen) atoms. The number of hydrogen-bond acceptors (Lipinski definition) is 5. The van der Waals surface area contributed by atoms with Crippen molar-refractivity contribution in [2.75, 3.05) is 13.2 Å². The lowest BCUT2D eigenvalue weighted by Gasteiger charge is -2.28. The molecule has 2 atom stereocenters. The molecule has 6 heteroatoms. The fraction of sp³-hybridized carbons (Fsp3) is 0.462. The summed E-state index contributed by atoms with van der Waals surface area (Å²) in [4.78, 5) is 22.5. The summed E-state index contributed by atoms with van der Waals surface area (Å²) in [6, 6.07) is 6.13. The zero-order chi connectivity index (χ0) is 13.8. The molecule has 2 unspecified atom stereocenters. The molecule has 1 N–H and O–H groups in total. The molecule has 0 bridgehead atoms. The number of nitro groups is 1. The van der Waals surface area contributed by atoms with E-state index in [0.29, 0.717) is 13.2 Å². The van der Waals surface area contributed by atoms with Crippen LogP contribution >= 0.6 is 0 Å². The summed E-state index contributed by atoms with van der Waals surface area (Å²) in [7, 11) is 0. The molecule has 2 rings (SSSR count). The highest BCUT2D eigenvalue weighted by Gasteiger charge is 2.25. The predicted octanol–water partition coefficient (Wildman–Crippen LogP) is 1.54. The van der Waals surface area contributed by atoms with Gasteiger partial charge < -0.3 is 10.1 Å². The Morgan fingerprint density at radius 2 is 2.21 bits per heavy atom. The van der Waals surface area contributed by atoms with Crippen molar-refractivity contribution in [3.05, 3.63) is 39.9 Å². The lowest BCUT2D eigenvalue weighted by molar-refractivity contribution is -0.385. The summed E-state index contributed by atoms with van der Waals surface area (Å²) in [5, 5.41) is 14.1. The zero-order valence-corrected chi connectivity index (χ0v) is 10.7. The summed E-state index contributed by atoms with van der Waals surface area (Å²) in [6.45, 7) is 3.05. The molecule has 1 heterocycles. The molecule has 0 amide bonds. The lowest BCUT2D eigenvalue weighted by atomic mass is 10.0. The second-order valence-corrected chi connectivity index (χ2v) is 4.70. The van der Waals surface area contributed by atoms with E-state index in [2.05, 4.69) is 5.32 Å². The third kappa shape index (κ3) is 3.36. The van der Waals surface area contributed by atoms with E-state index in [0.717, 1.165) is 0 Å². The fourth-order valence-electron chi connectivity index (χ4n) is 2.21. The van der Waals surface area contributed by atoms with E-state index >= 15 is 0 Å². The van der Waals surface area contributed by atoms with Gasteiger partial charge in [0.2, 0.25) is 0 Å². The summed E-state index contributed by atoms with van der Waals surface area (Å²) in [6.07, 6.45) is 0.204. The Bertz CT molecular complexity index is 489. The van der Waals surface area contributed by atoms with Crippen LogP contribution in [0, 0.1) is 10.1 Å². The van der Waals surface area contributed by atoms with Crippen LogP contribution in [0.5, 0.6) is 0 Å². The van der Waals surface area contributed by atoms with E-state index in [-0.39, 0.29) is 35.5 Å². The SMILES string of the molecule is CC1COCC(CC(=O)c2ccccc2[N+](=O)[O-])N1. The summed E-state index contributed by atoms with van der Waals surface area (Å²) >= 11 is 0. The highest BCUT2D eigenvalue weighted by Crippen LogP contribution is 2.20. The normalized spacial score (nSPS) is 23.0. The van der Waals surface area contributed by atoms with E-state index in [1.807, 2.05) is 6.92 Å². The van der Waals surface area contributed by atoms with Crippen molar-refractivity contribution in [2.24, 2.45) is 0 Å². The van der Waals surface area contributed by atoms with Gasteiger partial charge in [-0.05, 0) is 13.0 Å². The van der Waals surface area contributed by atoms with Gasteiger partial charge in [-0.25, -0.2) is 0 Å². The summed E-state index contributed by atoms with van der Waals surface area (Å²) < 4.78 is 5.36. The van der Waals surface area contributed by atoms with Gasteiger partial charge in [-0.15, -0.1) is 0 Å². The van der Waals surface area contributed by atoms with Crippen LogP contribution in [0.2, 0.25) is 0 Å². The summed E-state index contributed by atoms with van der Waals surface area (Å²) in [5.74, 6) is -0.234. The van der Waals surface area contributed by atoms with Gasteiger partial charge in [-0.2, -0.15) is 0 Å². The second-order valence-electron chi connectivity index (χ2n) is 4.70. The molecule has 1 fully saturated rings. The molecule has 0 aliphatic carbocycles. The molecule has 0 aromatic heterocycles. The maximum absolute atomic E-state index is 12.1. The number of Topliss-reactive ketones (excluding diaryl/α,β-unsaturated/α-hetero) is 1. The lowest BCUT2D eigenvalue weighted by Crippen LogP contribution is -2.48. The highest BCUT2D eigenvalue weighted by molar-refractivity contribution is 6.00. The maximum Gasteiger partial charge on any atom is 0.280 e. The minimum absolute atomic E-state index is 0.0870. The van der Waals surface area contributed by atoms with Crippen LogP contribution in [0.3, 0.4) is 0 Å². The molecule has 0 saturated carbocycles. The number of ether oxygens (including phenoxy) is 1. The van der Waals surface area contributed by atoms with E-state index in [4.69, 9.17) is 4.74 Å². The monoisotopic (exact) mass is 264 g/mol. The number of ketones is 1. The molecule has 0 radical (unpaired) electrons. The number of morpholine rings is 1. The minimum atomic E-state index is -0.527. The Labute approximate surface area is 110 Å². The van der Waals surface area contributed by atoms with Gasteiger partial charge >= 0.3 is 0 Å². The molecule has 1 saturated heterocycles. The van der Waals surface area contributed by atoms with Crippen molar-refractivity contribution >= 4 is 11.5 Å². The molecule has 6 nitrogen and oxygen atoms in total. The van der Waals surface area contributed by atoms with Crippen LogP contribution in [0.15, 0.2) is 24.3 Å².